The molecule has 1 atom stereocenters. The molecular formula is C16H19N3O3S. The first-order valence-corrected chi connectivity index (χ1v) is 8.50. The van der Waals surface area contributed by atoms with Gasteiger partial charge < -0.3 is 9.80 Å². The third-order valence-corrected chi connectivity index (χ3v) is 5.19. The van der Waals surface area contributed by atoms with E-state index in [2.05, 4.69) is 4.90 Å². The highest BCUT2D eigenvalue weighted by Gasteiger charge is 2.42. The molecule has 23 heavy (non-hydrogen) atoms. The van der Waals surface area contributed by atoms with Crippen molar-refractivity contribution in [1.82, 2.24) is 9.80 Å². The Kier molecular flexibility index (Phi) is 4.68. The van der Waals surface area contributed by atoms with Gasteiger partial charge in [-0.25, -0.2) is 4.90 Å². The van der Waals surface area contributed by atoms with Gasteiger partial charge in [0.2, 0.25) is 11.8 Å². The Bertz CT molecular complexity index is 614. The zero-order chi connectivity index (χ0) is 16.4. The van der Waals surface area contributed by atoms with Crippen LogP contribution < -0.4 is 4.90 Å². The number of nitrogens with zero attached hydrogens (tertiary/aromatic N) is 3. The number of rotatable bonds is 3. The maximum absolute atomic E-state index is 12.5. The van der Waals surface area contributed by atoms with E-state index in [9.17, 15) is 14.4 Å². The minimum absolute atomic E-state index is 0.0494. The lowest BCUT2D eigenvalue weighted by molar-refractivity contribution is -0.134. The van der Waals surface area contributed by atoms with Crippen molar-refractivity contribution in [2.75, 3.05) is 38.1 Å². The SMILES string of the molecule is CN1CCN(C(=O)C[C@H]2SC(=O)N(c3ccccc3)C2=O)CC1. The fourth-order valence-corrected chi connectivity index (χ4v) is 3.72. The van der Waals surface area contributed by atoms with E-state index in [-0.39, 0.29) is 23.5 Å². The molecule has 7 heteroatoms. The van der Waals surface area contributed by atoms with E-state index in [0.717, 1.165) is 24.9 Å². The molecule has 2 fully saturated rings. The van der Waals surface area contributed by atoms with Crippen molar-refractivity contribution in [3.63, 3.8) is 0 Å². The van der Waals surface area contributed by atoms with Crippen molar-refractivity contribution in [2.24, 2.45) is 0 Å². The summed E-state index contributed by atoms with van der Waals surface area (Å²) in [7, 11) is 2.02. The quantitative estimate of drug-likeness (QED) is 0.837. The second kappa shape index (κ2) is 6.72. The average molecular weight is 333 g/mol. The second-order valence-electron chi connectivity index (χ2n) is 5.77. The number of carbonyl (C=O) groups excluding carboxylic acids is 3. The number of para-hydroxylation sites is 1. The number of piperazine rings is 1. The smallest absolute Gasteiger partial charge is 0.293 e. The molecule has 0 radical (unpaired) electrons. The number of benzene rings is 1. The number of anilines is 1. The summed E-state index contributed by atoms with van der Waals surface area (Å²) in [6, 6.07) is 8.84. The molecule has 122 valence electrons. The van der Waals surface area contributed by atoms with E-state index in [1.54, 1.807) is 29.2 Å². The first-order valence-electron chi connectivity index (χ1n) is 7.62. The highest BCUT2D eigenvalue weighted by atomic mass is 32.2. The van der Waals surface area contributed by atoms with Crippen LogP contribution in [0.5, 0.6) is 0 Å². The fourth-order valence-electron chi connectivity index (χ4n) is 2.74. The Morgan fingerprint density at radius 2 is 1.78 bits per heavy atom. The van der Waals surface area contributed by atoms with Gasteiger partial charge in [-0.2, -0.15) is 0 Å². The number of hydrogen-bond acceptors (Lipinski definition) is 5. The second-order valence-corrected chi connectivity index (χ2v) is 6.92. The third-order valence-electron chi connectivity index (χ3n) is 4.15. The van der Waals surface area contributed by atoms with Crippen molar-refractivity contribution >= 4 is 34.5 Å². The third kappa shape index (κ3) is 3.40. The summed E-state index contributed by atoms with van der Waals surface area (Å²) in [6.07, 6.45) is 0.0856. The largest absolute Gasteiger partial charge is 0.340 e. The molecule has 1 aromatic rings. The van der Waals surface area contributed by atoms with Gasteiger partial charge in [-0.1, -0.05) is 18.2 Å². The van der Waals surface area contributed by atoms with Crippen LogP contribution >= 0.6 is 11.8 Å². The molecule has 0 aromatic heterocycles. The minimum Gasteiger partial charge on any atom is -0.340 e. The molecule has 2 aliphatic rings. The van der Waals surface area contributed by atoms with Crippen LogP contribution in [0, 0.1) is 0 Å². The number of hydrogen-bond donors (Lipinski definition) is 0. The van der Waals surface area contributed by atoms with E-state index >= 15 is 0 Å². The van der Waals surface area contributed by atoms with Crippen LogP contribution in [0.15, 0.2) is 30.3 Å². The van der Waals surface area contributed by atoms with E-state index < -0.39 is 5.25 Å². The van der Waals surface area contributed by atoms with Crippen LogP contribution in [0.2, 0.25) is 0 Å². The molecule has 3 rings (SSSR count). The molecule has 0 spiro atoms. The molecule has 0 unspecified atom stereocenters. The zero-order valence-corrected chi connectivity index (χ0v) is 13.8. The molecule has 3 amide bonds. The number of likely N-dealkylation sites (N-methyl/N-ethyl adjacent to an activating group) is 1. The van der Waals surface area contributed by atoms with E-state index in [1.165, 1.54) is 4.90 Å². The lowest BCUT2D eigenvalue weighted by Crippen LogP contribution is -2.48. The van der Waals surface area contributed by atoms with Gasteiger partial charge in [0.1, 0.15) is 5.25 Å². The summed E-state index contributed by atoms with van der Waals surface area (Å²) in [5.41, 5.74) is 0.560. The Morgan fingerprint density at radius 3 is 2.43 bits per heavy atom. The highest BCUT2D eigenvalue weighted by Crippen LogP contribution is 2.33. The van der Waals surface area contributed by atoms with Gasteiger partial charge in [-0.05, 0) is 30.9 Å². The molecule has 2 aliphatic heterocycles. The number of amides is 3. The van der Waals surface area contributed by atoms with Gasteiger partial charge in [0.15, 0.2) is 0 Å². The predicted molar refractivity (Wildman–Crippen MR) is 89.4 cm³/mol. The van der Waals surface area contributed by atoms with Crippen LogP contribution in [-0.4, -0.2) is 65.3 Å². The van der Waals surface area contributed by atoms with E-state index in [0.29, 0.717) is 18.8 Å². The molecule has 2 saturated heterocycles. The molecule has 2 heterocycles. The van der Waals surface area contributed by atoms with Crippen molar-refractivity contribution in [2.45, 2.75) is 11.7 Å². The molecule has 0 saturated carbocycles. The van der Waals surface area contributed by atoms with E-state index in [1.807, 2.05) is 13.1 Å². The van der Waals surface area contributed by atoms with Gasteiger partial charge in [0.25, 0.3) is 5.24 Å². The van der Waals surface area contributed by atoms with Crippen molar-refractivity contribution in [3.05, 3.63) is 30.3 Å². The monoisotopic (exact) mass is 333 g/mol. The number of imide groups is 1. The number of carbonyl (C=O) groups is 3. The average Bonchev–Trinajstić information content (AvgIpc) is 2.82. The first kappa shape index (κ1) is 16.0. The Balaban J connectivity index is 1.64. The van der Waals surface area contributed by atoms with Crippen LogP contribution in [0.25, 0.3) is 0 Å². The predicted octanol–water partition coefficient (Wildman–Crippen LogP) is 1.42. The summed E-state index contributed by atoms with van der Waals surface area (Å²) < 4.78 is 0. The highest BCUT2D eigenvalue weighted by molar-refractivity contribution is 8.15. The van der Waals surface area contributed by atoms with Crippen molar-refractivity contribution in [3.8, 4) is 0 Å². The minimum atomic E-state index is -0.616. The molecule has 0 N–H and O–H groups in total. The van der Waals surface area contributed by atoms with Gasteiger partial charge in [0.05, 0.1) is 5.69 Å². The summed E-state index contributed by atoms with van der Waals surface area (Å²) >= 11 is 0.949. The normalized spacial score (nSPS) is 22.7. The summed E-state index contributed by atoms with van der Waals surface area (Å²) in [4.78, 5) is 42.1. The van der Waals surface area contributed by atoms with Crippen LogP contribution in [0.1, 0.15) is 6.42 Å². The lowest BCUT2D eigenvalue weighted by Gasteiger charge is -2.32. The number of thioether (sulfide) groups is 1. The maximum atomic E-state index is 12.5. The Morgan fingerprint density at radius 1 is 1.13 bits per heavy atom. The summed E-state index contributed by atoms with van der Waals surface area (Å²) in [5, 5.41) is -0.924. The van der Waals surface area contributed by atoms with E-state index in [4.69, 9.17) is 0 Å². The standard InChI is InChI=1S/C16H19N3O3S/c1-17-7-9-18(10-8-17)14(20)11-13-15(21)19(16(22)23-13)12-5-3-2-4-6-12/h2-6,13H,7-11H2,1H3/t13-/m1/s1. The van der Waals surface area contributed by atoms with Gasteiger partial charge in [0, 0.05) is 32.6 Å². The molecule has 1 aromatic carbocycles. The Labute approximate surface area is 139 Å². The van der Waals surface area contributed by atoms with Gasteiger partial charge >= 0.3 is 0 Å². The van der Waals surface area contributed by atoms with Crippen LogP contribution in [-0.2, 0) is 9.59 Å². The van der Waals surface area contributed by atoms with Gasteiger partial charge in [-0.3, -0.25) is 14.4 Å². The van der Waals surface area contributed by atoms with Crippen LogP contribution in [0.4, 0.5) is 10.5 Å². The van der Waals surface area contributed by atoms with Crippen LogP contribution in [0.3, 0.4) is 0 Å². The Hall–Kier alpha value is -1.86. The van der Waals surface area contributed by atoms with Crippen molar-refractivity contribution < 1.29 is 14.4 Å². The zero-order valence-electron chi connectivity index (χ0n) is 13.0. The summed E-state index contributed by atoms with van der Waals surface area (Å²) in [6.45, 7) is 3.04. The molecule has 6 nitrogen and oxygen atoms in total. The van der Waals surface area contributed by atoms with Crippen molar-refractivity contribution in [1.29, 1.82) is 0 Å². The molecule has 0 aliphatic carbocycles. The lowest BCUT2D eigenvalue weighted by atomic mass is 10.2. The molecule has 0 bridgehead atoms. The topological polar surface area (TPSA) is 60.9 Å². The fraction of sp³-hybridized carbons (Fsp3) is 0.438. The first-order chi connectivity index (χ1) is 11.1. The molecular weight excluding hydrogens is 314 g/mol. The summed E-state index contributed by atoms with van der Waals surface area (Å²) in [5.74, 6) is -0.347. The van der Waals surface area contributed by atoms with Gasteiger partial charge in [-0.15, -0.1) is 0 Å². The maximum Gasteiger partial charge on any atom is 0.293 e.